The zero-order valence-electron chi connectivity index (χ0n) is 15.0. The molecule has 28 heavy (non-hydrogen) atoms. The molecular weight excluding hydrogens is 394 g/mol. The molecule has 2 aromatic carbocycles. The molecule has 0 atom stereocenters. The molecule has 0 unspecified atom stereocenters. The third kappa shape index (κ3) is 5.90. The number of nitrogens with one attached hydrogen (secondary N) is 1. The van der Waals surface area contributed by atoms with Gasteiger partial charge in [-0.1, -0.05) is 30.3 Å². The van der Waals surface area contributed by atoms with E-state index in [1.807, 2.05) is 35.3 Å². The number of thioether (sulfide) groups is 1. The molecule has 1 N–H and O–H groups in total. The summed E-state index contributed by atoms with van der Waals surface area (Å²) in [6.07, 6.45) is 1.26. The van der Waals surface area contributed by atoms with Crippen molar-refractivity contribution in [1.29, 1.82) is 0 Å². The SMILES string of the molecule is O=C(CCCSCc1ccccc1)Nc1nc(-c2ccc([N+](=O)[O-])cc2)cs1. The van der Waals surface area contributed by atoms with E-state index in [9.17, 15) is 14.9 Å². The monoisotopic (exact) mass is 413 g/mol. The molecule has 0 radical (unpaired) electrons. The van der Waals surface area contributed by atoms with Gasteiger partial charge in [0.05, 0.1) is 10.6 Å². The maximum atomic E-state index is 12.1. The normalized spacial score (nSPS) is 10.6. The van der Waals surface area contributed by atoms with Gasteiger partial charge in [0, 0.05) is 35.2 Å². The van der Waals surface area contributed by atoms with E-state index in [4.69, 9.17) is 0 Å². The van der Waals surface area contributed by atoms with Crippen LogP contribution in [0, 0.1) is 10.1 Å². The Morgan fingerprint density at radius 1 is 1.14 bits per heavy atom. The summed E-state index contributed by atoms with van der Waals surface area (Å²) in [6.45, 7) is 0. The highest BCUT2D eigenvalue weighted by Crippen LogP contribution is 2.26. The van der Waals surface area contributed by atoms with E-state index >= 15 is 0 Å². The number of benzene rings is 2. The van der Waals surface area contributed by atoms with Gasteiger partial charge in [-0.3, -0.25) is 14.9 Å². The number of hydrogen-bond acceptors (Lipinski definition) is 6. The van der Waals surface area contributed by atoms with Crippen LogP contribution in [0.3, 0.4) is 0 Å². The van der Waals surface area contributed by atoms with Crippen LogP contribution in [0.15, 0.2) is 60.0 Å². The second-order valence-electron chi connectivity index (χ2n) is 6.03. The molecule has 0 aliphatic carbocycles. The molecule has 1 heterocycles. The molecule has 0 aliphatic heterocycles. The van der Waals surface area contributed by atoms with E-state index in [0.29, 0.717) is 17.2 Å². The lowest BCUT2D eigenvalue weighted by Gasteiger charge is -2.03. The van der Waals surface area contributed by atoms with E-state index in [2.05, 4.69) is 22.4 Å². The Morgan fingerprint density at radius 3 is 2.61 bits per heavy atom. The number of hydrogen-bond donors (Lipinski definition) is 1. The molecule has 6 nitrogen and oxygen atoms in total. The van der Waals surface area contributed by atoms with Crippen molar-refractivity contribution in [1.82, 2.24) is 4.98 Å². The van der Waals surface area contributed by atoms with E-state index in [1.54, 1.807) is 12.1 Å². The highest BCUT2D eigenvalue weighted by molar-refractivity contribution is 7.98. The number of non-ortho nitro benzene ring substituents is 1. The molecule has 0 aliphatic rings. The fourth-order valence-corrected chi connectivity index (χ4v) is 4.16. The standard InChI is InChI=1S/C20H19N3O3S2/c24-19(7-4-12-27-13-15-5-2-1-3-6-15)22-20-21-18(14-28-20)16-8-10-17(11-9-16)23(25)26/h1-3,5-6,8-11,14H,4,7,12-13H2,(H,21,22,24). The molecular formula is C20H19N3O3S2. The molecule has 3 aromatic rings. The number of anilines is 1. The van der Waals surface area contributed by atoms with Gasteiger partial charge in [-0.15, -0.1) is 11.3 Å². The molecule has 1 aromatic heterocycles. The van der Waals surface area contributed by atoms with Crippen molar-refractivity contribution in [2.75, 3.05) is 11.1 Å². The van der Waals surface area contributed by atoms with Gasteiger partial charge in [-0.2, -0.15) is 11.8 Å². The van der Waals surface area contributed by atoms with Crippen LogP contribution in [0.1, 0.15) is 18.4 Å². The highest BCUT2D eigenvalue weighted by Gasteiger charge is 2.10. The number of carbonyl (C=O) groups excluding carboxylic acids is 1. The van der Waals surface area contributed by atoms with E-state index in [0.717, 1.165) is 23.5 Å². The Labute approximate surface area is 171 Å². The molecule has 3 rings (SSSR count). The van der Waals surface area contributed by atoms with Crippen LogP contribution in [-0.4, -0.2) is 21.6 Å². The smallest absolute Gasteiger partial charge is 0.269 e. The van der Waals surface area contributed by atoms with Crippen molar-refractivity contribution in [3.63, 3.8) is 0 Å². The van der Waals surface area contributed by atoms with Crippen LogP contribution < -0.4 is 5.32 Å². The fraction of sp³-hybridized carbons (Fsp3) is 0.200. The van der Waals surface area contributed by atoms with Gasteiger partial charge >= 0.3 is 0 Å². The number of nitro groups is 1. The van der Waals surface area contributed by atoms with Crippen molar-refractivity contribution in [3.8, 4) is 11.3 Å². The first-order chi connectivity index (χ1) is 13.6. The molecule has 1 amide bonds. The van der Waals surface area contributed by atoms with Gasteiger partial charge in [-0.05, 0) is 29.9 Å². The number of amides is 1. The molecule has 144 valence electrons. The maximum absolute atomic E-state index is 12.1. The van der Waals surface area contributed by atoms with Crippen LogP contribution in [0.2, 0.25) is 0 Å². The third-order valence-electron chi connectivity index (χ3n) is 3.93. The third-order valence-corrected chi connectivity index (χ3v) is 5.80. The van der Waals surface area contributed by atoms with E-state index in [1.165, 1.54) is 29.0 Å². The maximum Gasteiger partial charge on any atom is 0.269 e. The van der Waals surface area contributed by atoms with Crippen LogP contribution in [-0.2, 0) is 10.5 Å². The fourth-order valence-electron chi connectivity index (χ4n) is 2.50. The number of carbonyl (C=O) groups is 1. The summed E-state index contributed by atoms with van der Waals surface area (Å²) in [4.78, 5) is 26.8. The number of nitro benzene ring substituents is 1. The minimum Gasteiger partial charge on any atom is -0.302 e. The zero-order chi connectivity index (χ0) is 19.8. The Kier molecular flexibility index (Phi) is 7.16. The quantitative estimate of drug-likeness (QED) is 0.289. The van der Waals surface area contributed by atoms with Gasteiger partial charge in [0.1, 0.15) is 0 Å². The summed E-state index contributed by atoms with van der Waals surface area (Å²) in [5, 5.41) is 15.9. The summed E-state index contributed by atoms with van der Waals surface area (Å²) in [6, 6.07) is 16.5. The Bertz CT molecular complexity index is 927. The van der Waals surface area contributed by atoms with Gasteiger partial charge in [-0.25, -0.2) is 4.98 Å². The van der Waals surface area contributed by atoms with Crippen LogP contribution >= 0.6 is 23.1 Å². The predicted octanol–water partition coefficient (Wildman–Crippen LogP) is 5.37. The Morgan fingerprint density at radius 2 is 1.89 bits per heavy atom. The van der Waals surface area contributed by atoms with E-state index < -0.39 is 4.92 Å². The van der Waals surface area contributed by atoms with Crippen LogP contribution in [0.4, 0.5) is 10.8 Å². The molecule has 8 heteroatoms. The minimum absolute atomic E-state index is 0.0395. The minimum atomic E-state index is -0.436. The first kappa shape index (κ1) is 20.0. The lowest BCUT2D eigenvalue weighted by molar-refractivity contribution is -0.384. The second-order valence-corrected chi connectivity index (χ2v) is 8.00. The second kappa shape index (κ2) is 10.0. The molecule has 0 saturated carbocycles. The lowest BCUT2D eigenvalue weighted by atomic mass is 10.1. The molecule has 0 fully saturated rings. The average Bonchev–Trinajstić information content (AvgIpc) is 3.17. The van der Waals surface area contributed by atoms with Gasteiger partial charge < -0.3 is 5.32 Å². The van der Waals surface area contributed by atoms with Gasteiger partial charge in [0.25, 0.3) is 5.69 Å². The van der Waals surface area contributed by atoms with Crippen molar-refractivity contribution >= 4 is 39.8 Å². The van der Waals surface area contributed by atoms with Crippen molar-refractivity contribution in [3.05, 3.63) is 75.7 Å². The predicted molar refractivity (Wildman–Crippen MR) is 115 cm³/mol. The molecule has 0 saturated heterocycles. The van der Waals surface area contributed by atoms with Gasteiger partial charge in [0.2, 0.25) is 5.91 Å². The number of rotatable bonds is 9. The van der Waals surface area contributed by atoms with Gasteiger partial charge in [0.15, 0.2) is 5.13 Å². The largest absolute Gasteiger partial charge is 0.302 e. The Hall–Kier alpha value is -2.71. The topological polar surface area (TPSA) is 85.1 Å². The van der Waals surface area contributed by atoms with Crippen molar-refractivity contribution in [2.45, 2.75) is 18.6 Å². The first-order valence-electron chi connectivity index (χ1n) is 8.74. The average molecular weight is 414 g/mol. The zero-order valence-corrected chi connectivity index (χ0v) is 16.7. The number of aromatic nitrogens is 1. The number of thiazole rings is 1. The van der Waals surface area contributed by atoms with Crippen molar-refractivity contribution < 1.29 is 9.72 Å². The van der Waals surface area contributed by atoms with Crippen molar-refractivity contribution in [2.24, 2.45) is 0 Å². The summed E-state index contributed by atoms with van der Waals surface area (Å²) >= 11 is 3.16. The summed E-state index contributed by atoms with van der Waals surface area (Å²) in [7, 11) is 0. The Balaban J connectivity index is 1.41. The first-order valence-corrected chi connectivity index (χ1v) is 10.8. The molecule has 0 spiro atoms. The highest BCUT2D eigenvalue weighted by atomic mass is 32.2. The van der Waals surface area contributed by atoms with Crippen LogP contribution in [0.5, 0.6) is 0 Å². The van der Waals surface area contributed by atoms with Crippen LogP contribution in [0.25, 0.3) is 11.3 Å². The molecule has 0 bridgehead atoms. The number of nitrogens with zero attached hydrogens (tertiary/aromatic N) is 2. The summed E-state index contributed by atoms with van der Waals surface area (Å²) < 4.78 is 0. The summed E-state index contributed by atoms with van der Waals surface area (Å²) in [5.74, 6) is 1.83. The summed E-state index contributed by atoms with van der Waals surface area (Å²) in [5.41, 5.74) is 2.80. The lowest BCUT2D eigenvalue weighted by Crippen LogP contribution is -2.11. The van der Waals surface area contributed by atoms with E-state index in [-0.39, 0.29) is 11.6 Å².